The maximum Gasteiger partial charge on any atom is 0.231 e. The first-order valence-corrected chi connectivity index (χ1v) is 10.2. The number of amides is 1. The molecule has 0 bridgehead atoms. The molecule has 0 fully saturated rings. The van der Waals surface area contributed by atoms with E-state index in [2.05, 4.69) is 26.9 Å². The summed E-state index contributed by atoms with van der Waals surface area (Å²) >= 11 is 1.23. The lowest BCUT2D eigenvalue weighted by atomic mass is 10.0. The summed E-state index contributed by atoms with van der Waals surface area (Å²) in [7, 11) is 0. The van der Waals surface area contributed by atoms with Crippen molar-refractivity contribution in [3.63, 3.8) is 0 Å². The molecule has 1 N–H and O–H groups in total. The van der Waals surface area contributed by atoms with E-state index >= 15 is 0 Å². The largest absolute Gasteiger partial charge is 0.345 e. The molecule has 1 amide bonds. The van der Waals surface area contributed by atoms with Gasteiger partial charge < -0.3 is 5.32 Å². The second-order valence-electron chi connectivity index (χ2n) is 6.87. The molecule has 0 radical (unpaired) electrons. The summed E-state index contributed by atoms with van der Waals surface area (Å²) in [6.45, 7) is 5.51. The van der Waals surface area contributed by atoms with Gasteiger partial charge in [-0.1, -0.05) is 59.8 Å². The number of aryl methyl sites for hydroxylation is 2. The molecule has 1 aromatic heterocycles. The molecule has 0 aliphatic heterocycles. The average Bonchev–Trinajstić information content (AvgIpc) is 3.15. The van der Waals surface area contributed by atoms with Crippen molar-refractivity contribution in [3.8, 4) is 5.69 Å². The van der Waals surface area contributed by atoms with Crippen LogP contribution in [0.5, 0.6) is 0 Å². The van der Waals surface area contributed by atoms with Crippen LogP contribution in [0.25, 0.3) is 5.69 Å². The molecule has 0 aliphatic carbocycles. The summed E-state index contributed by atoms with van der Waals surface area (Å²) in [6, 6.07) is 15.1. The van der Waals surface area contributed by atoms with E-state index in [1.165, 1.54) is 18.7 Å². The quantitative estimate of drug-likeness (QED) is 0.576. The van der Waals surface area contributed by atoms with Gasteiger partial charge in [0.05, 0.1) is 17.5 Å². The number of aromatic nitrogens is 4. The van der Waals surface area contributed by atoms with Crippen molar-refractivity contribution in [3.05, 3.63) is 65.2 Å². The molecule has 1 atom stereocenters. The molecule has 7 nitrogen and oxygen atoms in total. The van der Waals surface area contributed by atoms with E-state index in [0.717, 1.165) is 22.4 Å². The Morgan fingerprint density at radius 1 is 1.14 bits per heavy atom. The lowest BCUT2D eigenvalue weighted by molar-refractivity contribution is -0.125. The number of hydrogen-bond acceptors (Lipinski definition) is 6. The van der Waals surface area contributed by atoms with Crippen molar-refractivity contribution in [2.75, 3.05) is 5.75 Å². The van der Waals surface area contributed by atoms with E-state index < -0.39 is 6.04 Å². The van der Waals surface area contributed by atoms with Crippen LogP contribution in [0.4, 0.5) is 0 Å². The highest BCUT2D eigenvalue weighted by Gasteiger charge is 2.19. The van der Waals surface area contributed by atoms with Crippen LogP contribution in [-0.2, 0) is 16.0 Å². The van der Waals surface area contributed by atoms with Crippen molar-refractivity contribution < 1.29 is 9.59 Å². The maximum absolute atomic E-state index is 12.4. The van der Waals surface area contributed by atoms with E-state index in [9.17, 15) is 9.59 Å². The Morgan fingerprint density at radius 3 is 2.59 bits per heavy atom. The number of carbonyl (C=O) groups excluding carboxylic acids is 2. The third-order valence-electron chi connectivity index (χ3n) is 4.46. The van der Waals surface area contributed by atoms with Gasteiger partial charge in [0.15, 0.2) is 5.78 Å². The van der Waals surface area contributed by atoms with Crippen LogP contribution >= 0.6 is 11.8 Å². The van der Waals surface area contributed by atoms with E-state index in [0.29, 0.717) is 11.6 Å². The van der Waals surface area contributed by atoms with Crippen LogP contribution in [0.3, 0.4) is 0 Å². The van der Waals surface area contributed by atoms with Crippen LogP contribution in [0.2, 0.25) is 0 Å². The molecule has 2 aromatic carbocycles. The maximum atomic E-state index is 12.4. The SMILES string of the molecule is CC(=O)[C@@H](Cc1ccccc1)NC(=O)CSc1nnnn1-c1ccc(C)cc1C. The molecule has 29 heavy (non-hydrogen) atoms. The van der Waals surface area contributed by atoms with Crippen LogP contribution in [-0.4, -0.2) is 43.7 Å². The Labute approximate surface area is 173 Å². The summed E-state index contributed by atoms with van der Waals surface area (Å²) in [5.41, 5.74) is 4.07. The minimum Gasteiger partial charge on any atom is -0.345 e. The molecular formula is C21H23N5O2S. The molecule has 0 saturated heterocycles. The molecular weight excluding hydrogens is 386 g/mol. The van der Waals surface area contributed by atoms with Gasteiger partial charge in [-0.3, -0.25) is 9.59 Å². The summed E-state index contributed by atoms with van der Waals surface area (Å²) < 4.78 is 1.62. The molecule has 1 heterocycles. The van der Waals surface area contributed by atoms with Crippen molar-refractivity contribution in [2.45, 2.75) is 38.4 Å². The third kappa shape index (κ3) is 5.51. The Morgan fingerprint density at radius 2 is 1.90 bits per heavy atom. The number of rotatable bonds is 8. The minimum absolute atomic E-state index is 0.0766. The van der Waals surface area contributed by atoms with E-state index in [-0.39, 0.29) is 17.4 Å². The summed E-state index contributed by atoms with van der Waals surface area (Å²) in [5.74, 6) is -0.197. The van der Waals surface area contributed by atoms with Crippen LogP contribution in [0, 0.1) is 13.8 Å². The van der Waals surface area contributed by atoms with Gasteiger partial charge in [0, 0.05) is 0 Å². The second-order valence-corrected chi connectivity index (χ2v) is 7.81. The normalized spacial score (nSPS) is 11.8. The molecule has 0 unspecified atom stereocenters. The monoisotopic (exact) mass is 409 g/mol. The average molecular weight is 410 g/mol. The van der Waals surface area contributed by atoms with Gasteiger partial charge in [-0.2, -0.15) is 4.68 Å². The molecule has 0 aliphatic rings. The standard InChI is InChI=1S/C21H23N5O2S/c1-14-9-10-19(15(2)11-14)26-21(23-24-25-26)29-13-20(28)22-18(16(3)27)12-17-7-5-4-6-8-17/h4-11,18H,12-13H2,1-3H3,(H,22,28)/t18-/m1/s1. The first-order valence-electron chi connectivity index (χ1n) is 9.26. The Balaban J connectivity index is 1.63. The number of ketones is 1. The Hall–Kier alpha value is -3.00. The van der Waals surface area contributed by atoms with Gasteiger partial charge in [0.1, 0.15) is 0 Å². The number of Topliss-reactive ketones (excluding diaryl/α,β-unsaturated/α-hetero) is 1. The van der Waals surface area contributed by atoms with Crippen molar-refractivity contribution in [1.82, 2.24) is 25.5 Å². The smallest absolute Gasteiger partial charge is 0.231 e. The number of tetrazole rings is 1. The highest BCUT2D eigenvalue weighted by molar-refractivity contribution is 7.99. The van der Waals surface area contributed by atoms with Crippen molar-refractivity contribution >= 4 is 23.5 Å². The van der Waals surface area contributed by atoms with E-state index in [1.807, 2.05) is 56.3 Å². The summed E-state index contributed by atoms with van der Waals surface area (Å²) in [4.78, 5) is 24.4. The lowest BCUT2D eigenvalue weighted by Gasteiger charge is -2.16. The fourth-order valence-electron chi connectivity index (χ4n) is 2.98. The molecule has 3 rings (SSSR count). The topological polar surface area (TPSA) is 89.8 Å². The first-order chi connectivity index (χ1) is 13.9. The number of nitrogens with zero attached hydrogens (tertiary/aromatic N) is 4. The van der Waals surface area contributed by atoms with Crippen LogP contribution in [0.15, 0.2) is 53.7 Å². The zero-order valence-electron chi connectivity index (χ0n) is 16.6. The van der Waals surface area contributed by atoms with Crippen molar-refractivity contribution in [2.24, 2.45) is 0 Å². The van der Waals surface area contributed by atoms with Gasteiger partial charge >= 0.3 is 0 Å². The fourth-order valence-corrected chi connectivity index (χ4v) is 3.67. The zero-order chi connectivity index (χ0) is 20.8. The van der Waals surface area contributed by atoms with Gasteiger partial charge in [-0.25, -0.2) is 0 Å². The number of carbonyl (C=O) groups is 2. The fraction of sp³-hybridized carbons (Fsp3) is 0.286. The van der Waals surface area contributed by atoms with E-state index in [1.54, 1.807) is 4.68 Å². The Bertz CT molecular complexity index is 1000. The van der Waals surface area contributed by atoms with Gasteiger partial charge in [-0.15, -0.1) is 5.10 Å². The third-order valence-corrected chi connectivity index (χ3v) is 5.38. The molecule has 0 saturated carbocycles. The van der Waals surface area contributed by atoms with Gasteiger partial charge in [0.2, 0.25) is 11.1 Å². The van der Waals surface area contributed by atoms with Crippen LogP contribution < -0.4 is 5.32 Å². The first kappa shape index (κ1) is 20.7. The summed E-state index contributed by atoms with van der Waals surface area (Å²) in [6.07, 6.45) is 0.465. The lowest BCUT2D eigenvalue weighted by Crippen LogP contribution is -2.42. The minimum atomic E-state index is -0.555. The summed E-state index contributed by atoms with van der Waals surface area (Å²) in [5, 5.41) is 15.2. The Kier molecular flexibility index (Phi) is 6.77. The molecule has 150 valence electrons. The molecule has 3 aromatic rings. The zero-order valence-corrected chi connectivity index (χ0v) is 17.4. The van der Waals surface area contributed by atoms with Crippen LogP contribution in [0.1, 0.15) is 23.6 Å². The van der Waals surface area contributed by atoms with Gasteiger partial charge in [-0.05, 0) is 54.8 Å². The molecule has 8 heteroatoms. The number of thioether (sulfide) groups is 1. The number of nitrogens with one attached hydrogen (secondary N) is 1. The van der Waals surface area contributed by atoms with Gasteiger partial charge in [0.25, 0.3) is 0 Å². The number of hydrogen-bond donors (Lipinski definition) is 1. The highest BCUT2D eigenvalue weighted by Crippen LogP contribution is 2.21. The second kappa shape index (κ2) is 9.47. The highest BCUT2D eigenvalue weighted by atomic mass is 32.2. The van der Waals surface area contributed by atoms with Crippen molar-refractivity contribution in [1.29, 1.82) is 0 Å². The number of benzene rings is 2. The van der Waals surface area contributed by atoms with E-state index in [4.69, 9.17) is 0 Å². The predicted molar refractivity (Wildman–Crippen MR) is 112 cm³/mol. The predicted octanol–water partition coefficient (Wildman–Crippen LogP) is 2.69. The molecule has 0 spiro atoms.